The molecule has 0 saturated heterocycles. The number of rotatable bonds is 2. The number of hydrogen-bond donors (Lipinski definition) is 0. The highest BCUT2D eigenvalue weighted by Gasteiger charge is 2.21. The molecule has 0 bridgehead atoms. The van der Waals surface area contributed by atoms with Crippen LogP contribution in [0.3, 0.4) is 0 Å². The summed E-state index contributed by atoms with van der Waals surface area (Å²) in [5, 5.41) is 0. The SMILES string of the molecule is CC(C)(C)c1ccccc1C(=O)c1cncnc1. The van der Waals surface area contributed by atoms with Crippen LogP contribution in [0.5, 0.6) is 0 Å². The number of hydrogen-bond acceptors (Lipinski definition) is 3. The van der Waals surface area contributed by atoms with E-state index < -0.39 is 0 Å². The van der Waals surface area contributed by atoms with Crippen LogP contribution < -0.4 is 0 Å². The first-order valence-corrected chi connectivity index (χ1v) is 5.89. The van der Waals surface area contributed by atoms with Crippen LogP contribution in [0.15, 0.2) is 43.0 Å². The molecule has 0 saturated carbocycles. The van der Waals surface area contributed by atoms with Crippen molar-refractivity contribution in [3.8, 4) is 0 Å². The van der Waals surface area contributed by atoms with E-state index in [2.05, 4.69) is 30.7 Å². The Bertz CT molecular complexity index is 556. The molecule has 92 valence electrons. The van der Waals surface area contributed by atoms with Crippen LogP contribution in [0.2, 0.25) is 0 Å². The Morgan fingerprint density at radius 2 is 1.67 bits per heavy atom. The van der Waals surface area contributed by atoms with Crippen molar-refractivity contribution in [2.75, 3.05) is 0 Å². The molecule has 0 radical (unpaired) electrons. The van der Waals surface area contributed by atoms with Gasteiger partial charge in [0, 0.05) is 18.0 Å². The van der Waals surface area contributed by atoms with Crippen molar-refractivity contribution in [2.24, 2.45) is 0 Å². The molecule has 0 atom stereocenters. The molecule has 1 heterocycles. The molecule has 3 nitrogen and oxygen atoms in total. The van der Waals surface area contributed by atoms with Crippen molar-refractivity contribution < 1.29 is 4.79 Å². The lowest BCUT2D eigenvalue weighted by molar-refractivity contribution is 0.103. The van der Waals surface area contributed by atoms with Crippen molar-refractivity contribution in [1.82, 2.24) is 9.97 Å². The number of benzene rings is 1. The van der Waals surface area contributed by atoms with E-state index in [1.807, 2.05) is 24.3 Å². The number of nitrogens with zero attached hydrogens (tertiary/aromatic N) is 2. The molecule has 0 aliphatic heterocycles. The molecule has 3 heteroatoms. The van der Waals surface area contributed by atoms with E-state index in [4.69, 9.17) is 0 Å². The van der Waals surface area contributed by atoms with Gasteiger partial charge in [-0.05, 0) is 11.0 Å². The number of carbonyl (C=O) groups is 1. The zero-order valence-electron chi connectivity index (χ0n) is 10.8. The Kier molecular flexibility index (Phi) is 3.24. The smallest absolute Gasteiger partial charge is 0.196 e. The number of ketones is 1. The molecule has 2 aromatic rings. The maximum absolute atomic E-state index is 12.4. The highest BCUT2D eigenvalue weighted by Crippen LogP contribution is 2.27. The van der Waals surface area contributed by atoms with Gasteiger partial charge in [-0.25, -0.2) is 9.97 Å². The average molecular weight is 240 g/mol. The summed E-state index contributed by atoms with van der Waals surface area (Å²) in [4.78, 5) is 20.2. The Morgan fingerprint density at radius 1 is 1.06 bits per heavy atom. The fourth-order valence-corrected chi connectivity index (χ4v) is 1.91. The van der Waals surface area contributed by atoms with Gasteiger partial charge in [-0.1, -0.05) is 45.0 Å². The summed E-state index contributed by atoms with van der Waals surface area (Å²) in [7, 11) is 0. The molecule has 0 aliphatic rings. The van der Waals surface area contributed by atoms with Crippen molar-refractivity contribution in [3.63, 3.8) is 0 Å². The van der Waals surface area contributed by atoms with Gasteiger partial charge >= 0.3 is 0 Å². The molecule has 0 aliphatic carbocycles. The summed E-state index contributed by atoms with van der Waals surface area (Å²) < 4.78 is 0. The largest absolute Gasteiger partial charge is 0.288 e. The maximum atomic E-state index is 12.4. The molecule has 0 fully saturated rings. The lowest BCUT2D eigenvalue weighted by atomic mass is 9.82. The zero-order valence-corrected chi connectivity index (χ0v) is 10.8. The van der Waals surface area contributed by atoms with Crippen LogP contribution in [0.4, 0.5) is 0 Å². The van der Waals surface area contributed by atoms with E-state index in [-0.39, 0.29) is 11.2 Å². The molecule has 1 aromatic carbocycles. The fraction of sp³-hybridized carbons (Fsp3) is 0.267. The predicted octanol–water partition coefficient (Wildman–Crippen LogP) is 3.01. The second-order valence-corrected chi connectivity index (χ2v) is 5.25. The summed E-state index contributed by atoms with van der Waals surface area (Å²) in [6.45, 7) is 6.29. The van der Waals surface area contributed by atoms with Gasteiger partial charge in [0.25, 0.3) is 0 Å². The van der Waals surface area contributed by atoms with Gasteiger partial charge in [0.05, 0.1) is 5.56 Å². The minimum Gasteiger partial charge on any atom is -0.288 e. The summed E-state index contributed by atoms with van der Waals surface area (Å²) >= 11 is 0. The third kappa shape index (κ3) is 2.45. The van der Waals surface area contributed by atoms with Gasteiger partial charge < -0.3 is 0 Å². The van der Waals surface area contributed by atoms with Crippen LogP contribution in [0.25, 0.3) is 0 Å². The molecule has 0 unspecified atom stereocenters. The first kappa shape index (κ1) is 12.4. The molecule has 0 N–H and O–H groups in total. The molecular weight excluding hydrogens is 224 g/mol. The second kappa shape index (κ2) is 4.69. The molecule has 2 rings (SSSR count). The summed E-state index contributed by atoms with van der Waals surface area (Å²) in [5.41, 5.74) is 2.22. The highest BCUT2D eigenvalue weighted by atomic mass is 16.1. The Morgan fingerprint density at radius 3 is 2.28 bits per heavy atom. The Balaban J connectivity index is 2.50. The normalized spacial score (nSPS) is 11.3. The third-order valence-corrected chi connectivity index (χ3v) is 2.80. The van der Waals surface area contributed by atoms with E-state index in [1.54, 1.807) is 12.4 Å². The van der Waals surface area contributed by atoms with E-state index in [1.165, 1.54) is 6.33 Å². The van der Waals surface area contributed by atoms with Gasteiger partial charge in [0.15, 0.2) is 5.78 Å². The molecule has 0 spiro atoms. The van der Waals surface area contributed by atoms with E-state index in [0.717, 1.165) is 11.1 Å². The van der Waals surface area contributed by atoms with Crippen molar-refractivity contribution in [3.05, 3.63) is 59.7 Å². The van der Waals surface area contributed by atoms with Crippen LogP contribution in [-0.4, -0.2) is 15.8 Å². The van der Waals surface area contributed by atoms with Gasteiger partial charge in [0.2, 0.25) is 0 Å². The highest BCUT2D eigenvalue weighted by molar-refractivity contribution is 6.09. The van der Waals surface area contributed by atoms with Crippen LogP contribution >= 0.6 is 0 Å². The number of aromatic nitrogens is 2. The first-order valence-electron chi connectivity index (χ1n) is 5.89. The fourth-order valence-electron chi connectivity index (χ4n) is 1.91. The van der Waals surface area contributed by atoms with Crippen molar-refractivity contribution in [2.45, 2.75) is 26.2 Å². The van der Waals surface area contributed by atoms with E-state index in [9.17, 15) is 4.79 Å². The lowest BCUT2D eigenvalue weighted by Crippen LogP contribution is -2.17. The summed E-state index contributed by atoms with van der Waals surface area (Å²) in [5.74, 6) is -0.0267. The van der Waals surface area contributed by atoms with Gasteiger partial charge in [-0.15, -0.1) is 0 Å². The van der Waals surface area contributed by atoms with Crippen LogP contribution in [0.1, 0.15) is 42.3 Å². The van der Waals surface area contributed by atoms with E-state index >= 15 is 0 Å². The first-order chi connectivity index (χ1) is 8.50. The summed E-state index contributed by atoms with van der Waals surface area (Å²) in [6.07, 6.45) is 4.52. The molecule has 1 aromatic heterocycles. The van der Waals surface area contributed by atoms with Crippen molar-refractivity contribution >= 4 is 5.78 Å². The van der Waals surface area contributed by atoms with Crippen LogP contribution in [-0.2, 0) is 5.41 Å². The Labute approximate surface area is 107 Å². The topological polar surface area (TPSA) is 42.9 Å². The summed E-state index contributed by atoms with van der Waals surface area (Å²) in [6, 6.07) is 7.69. The molecule has 18 heavy (non-hydrogen) atoms. The van der Waals surface area contributed by atoms with Gasteiger partial charge in [0.1, 0.15) is 6.33 Å². The van der Waals surface area contributed by atoms with Gasteiger partial charge in [-0.3, -0.25) is 4.79 Å². The predicted molar refractivity (Wildman–Crippen MR) is 70.6 cm³/mol. The van der Waals surface area contributed by atoms with E-state index in [0.29, 0.717) is 5.56 Å². The second-order valence-electron chi connectivity index (χ2n) is 5.25. The molecular formula is C15H16N2O. The zero-order chi connectivity index (χ0) is 13.2. The molecule has 0 amide bonds. The minimum absolute atomic E-state index is 0.0267. The lowest BCUT2D eigenvalue weighted by Gasteiger charge is -2.22. The maximum Gasteiger partial charge on any atom is 0.196 e. The quantitative estimate of drug-likeness (QED) is 0.758. The average Bonchev–Trinajstić information content (AvgIpc) is 2.38. The van der Waals surface area contributed by atoms with Crippen molar-refractivity contribution in [1.29, 1.82) is 0 Å². The Hall–Kier alpha value is -2.03. The third-order valence-electron chi connectivity index (χ3n) is 2.80. The van der Waals surface area contributed by atoms with Crippen LogP contribution in [0, 0.1) is 0 Å². The standard InChI is InChI=1S/C15H16N2O/c1-15(2,3)13-7-5-4-6-12(13)14(18)11-8-16-10-17-9-11/h4-10H,1-3H3. The monoisotopic (exact) mass is 240 g/mol. The van der Waals surface area contributed by atoms with Gasteiger partial charge in [-0.2, -0.15) is 0 Å². The number of carbonyl (C=O) groups excluding carboxylic acids is 1. The minimum atomic E-state index is -0.0676.